The molecule has 0 radical (unpaired) electrons. The summed E-state index contributed by atoms with van der Waals surface area (Å²) in [5, 5.41) is 9.20. The van der Waals surface area contributed by atoms with E-state index < -0.39 is 38.2 Å². The van der Waals surface area contributed by atoms with Crippen molar-refractivity contribution in [2.45, 2.75) is 19.4 Å². The fourth-order valence-corrected chi connectivity index (χ4v) is 7.50. The normalized spacial score (nSPS) is 19.3. The average Bonchev–Trinajstić information content (AvgIpc) is 3.13. The summed E-state index contributed by atoms with van der Waals surface area (Å²) in [5.74, 6) is -1.68. The number of hydrogen-bond donors (Lipinski definition) is 0. The molecular formula is C25H18F3IN2O. The van der Waals surface area contributed by atoms with E-state index in [4.69, 9.17) is 4.74 Å². The third-order valence-corrected chi connectivity index (χ3v) is 9.23. The monoisotopic (exact) mass is 546 g/mol. The van der Waals surface area contributed by atoms with Gasteiger partial charge in [-0.05, 0) is 36.6 Å². The minimum absolute atomic E-state index is 0.00226. The lowest BCUT2D eigenvalue weighted by Gasteiger charge is -2.36. The summed E-state index contributed by atoms with van der Waals surface area (Å²) >= 11 is -0.739. The van der Waals surface area contributed by atoms with Crippen LogP contribution < -0.4 is 9.64 Å². The van der Waals surface area contributed by atoms with E-state index in [1.807, 2.05) is 35.2 Å². The standard InChI is InChI=1S/C25H18F3IN2O/c26-18-10-22-24(23(11-18)32-14-15-4-2-1-3-5-15)29-25(17-8-16(9-17)13-30)31(22)19-6-7-20(27)21(28)12-19/h1-7,10-12,16-17H,8-9,14H2. The SMILES string of the molecule is N#CC1CC(C2=Ic3c(OCc4ccccc4)cc(F)cc3N2c2ccc(F)c(F)c2)C1. The van der Waals surface area contributed by atoms with E-state index in [0.717, 1.165) is 37.7 Å². The van der Waals surface area contributed by atoms with Gasteiger partial charge in [-0.1, -0.05) is 51.1 Å². The van der Waals surface area contributed by atoms with Gasteiger partial charge in [0.05, 0.1) is 19.0 Å². The summed E-state index contributed by atoms with van der Waals surface area (Å²) in [6.45, 7) is 0.306. The van der Waals surface area contributed by atoms with E-state index >= 15 is 0 Å². The molecule has 7 heteroatoms. The molecule has 1 fully saturated rings. The van der Waals surface area contributed by atoms with E-state index in [2.05, 4.69) is 6.07 Å². The van der Waals surface area contributed by atoms with Crippen LogP contribution in [0.25, 0.3) is 0 Å². The highest BCUT2D eigenvalue weighted by Crippen LogP contribution is 2.50. The summed E-state index contributed by atoms with van der Waals surface area (Å²) in [5.41, 5.74) is 2.04. The zero-order chi connectivity index (χ0) is 22.2. The van der Waals surface area contributed by atoms with Crippen LogP contribution in [0.15, 0.2) is 60.7 Å². The maximum Gasteiger partial charge on any atom is 0.160 e. The maximum absolute atomic E-state index is 14.6. The second-order valence-corrected chi connectivity index (χ2v) is 10.6. The second kappa shape index (κ2) is 8.58. The van der Waals surface area contributed by atoms with Gasteiger partial charge < -0.3 is 9.64 Å². The molecule has 1 aliphatic carbocycles. The van der Waals surface area contributed by atoms with Crippen LogP contribution >= 0.6 is 20.7 Å². The van der Waals surface area contributed by atoms with Gasteiger partial charge in [-0.3, -0.25) is 0 Å². The Morgan fingerprint density at radius 3 is 2.50 bits per heavy atom. The number of nitrogens with zero attached hydrogens (tertiary/aromatic N) is 2. The highest BCUT2D eigenvalue weighted by molar-refractivity contribution is 14.2. The lowest BCUT2D eigenvalue weighted by molar-refractivity contribution is 0.302. The van der Waals surface area contributed by atoms with Crippen LogP contribution in [0.2, 0.25) is 0 Å². The largest absolute Gasteiger partial charge is 0.488 e. The van der Waals surface area contributed by atoms with Gasteiger partial charge in [-0.2, -0.15) is 5.26 Å². The van der Waals surface area contributed by atoms with E-state index in [1.165, 1.54) is 18.2 Å². The van der Waals surface area contributed by atoms with Crippen LogP contribution in [0, 0.1) is 44.2 Å². The van der Waals surface area contributed by atoms with Crippen LogP contribution in [-0.2, 0) is 6.61 Å². The van der Waals surface area contributed by atoms with E-state index in [0.29, 0.717) is 23.7 Å². The first kappa shape index (κ1) is 21.0. The van der Waals surface area contributed by atoms with E-state index in [1.54, 1.807) is 0 Å². The van der Waals surface area contributed by atoms with Gasteiger partial charge in [-0.25, -0.2) is 13.2 Å². The number of ether oxygens (including phenoxy) is 1. The predicted octanol–water partition coefficient (Wildman–Crippen LogP) is 6.65. The van der Waals surface area contributed by atoms with Gasteiger partial charge in [0.2, 0.25) is 0 Å². The molecule has 5 rings (SSSR count). The molecule has 3 aromatic carbocycles. The highest BCUT2D eigenvalue weighted by atomic mass is 127. The van der Waals surface area contributed by atoms with Crippen LogP contribution in [0.5, 0.6) is 5.75 Å². The highest BCUT2D eigenvalue weighted by Gasteiger charge is 2.39. The Morgan fingerprint density at radius 1 is 1.00 bits per heavy atom. The molecular weight excluding hydrogens is 528 g/mol. The third kappa shape index (κ3) is 3.88. The van der Waals surface area contributed by atoms with Gasteiger partial charge >= 0.3 is 0 Å². The van der Waals surface area contributed by atoms with E-state index in [9.17, 15) is 18.4 Å². The first-order chi connectivity index (χ1) is 15.5. The summed E-state index contributed by atoms with van der Waals surface area (Å²) < 4.78 is 50.3. The van der Waals surface area contributed by atoms with Gasteiger partial charge in [0.15, 0.2) is 11.6 Å². The topological polar surface area (TPSA) is 36.3 Å². The minimum Gasteiger partial charge on any atom is -0.488 e. The number of nitriles is 1. The summed E-state index contributed by atoms with van der Waals surface area (Å²) in [4.78, 5) is 1.85. The van der Waals surface area contributed by atoms with Crippen molar-refractivity contribution in [3.05, 3.63) is 87.2 Å². The first-order valence-corrected chi connectivity index (χ1v) is 12.4. The predicted molar refractivity (Wildman–Crippen MR) is 125 cm³/mol. The first-order valence-electron chi connectivity index (χ1n) is 10.2. The Labute approximate surface area is 193 Å². The van der Waals surface area contributed by atoms with Crippen LogP contribution in [-0.4, -0.2) is 3.63 Å². The molecule has 0 bridgehead atoms. The zero-order valence-corrected chi connectivity index (χ0v) is 19.0. The molecule has 0 unspecified atom stereocenters. The van der Waals surface area contributed by atoms with Crippen LogP contribution in [0.1, 0.15) is 18.4 Å². The number of halogens is 4. The van der Waals surface area contributed by atoms with Gasteiger partial charge in [0, 0.05) is 29.7 Å². The average molecular weight is 546 g/mol. The van der Waals surface area contributed by atoms with Gasteiger partial charge in [0.1, 0.15) is 18.2 Å². The van der Waals surface area contributed by atoms with Crippen LogP contribution in [0.4, 0.5) is 24.5 Å². The fraction of sp³-hybridized carbons (Fsp3) is 0.200. The van der Waals surface area contributed by atoms with Crippen LogP contribution in [0.3, 0.4) is 0 Å². The minimum atomic E-state index is -0.950. The van der Waals surface area contributed by atoms with Crippen molar-refractivity contribution in [2.75, 3.05) is 4.90 Å². The molecule has 0 saturated heterocycles. The molecule has 1 aliphatic heterocycles. The second-order valence-electron chi connectivity index (χ2n) is 7.86. The van der Waals surface area contributed by atoms with Crippen molar-refractivity contribution < 1.29 is 17.9 Å². The number of fused-ring (bicyclic) bond motifs is 1. The molecule has 0 atom stereocenters. The van der Waals surface area contributed by atoms with Crippen molar-refractivity contribution in [1.82, 2.24) is 0 Å². The van der Waals surface area contributed by atoms with Crippen molar-refractivity contribution in [3.63, 3.8) is 0 Å². The van der Waals surface area contributed by atoms with Crippen molar-refractivity contribution >= 4 is 35.7 Å². The number of hydrogen-bond acceptors (Lipinski definition) is 3. The van der Waals surface area contributed by atoms with Crippen molar-refractivity contribution in [1.29, 1.82) is 5.26 Å². The van der Waals surface area contributed by atoms with Gasteiger partial charge in [0.25, 0.3) is 0 Å². The summed E-state index contributed by atoms with van der Waals surface area (Å²) in [7, 11) is 0. The van der Waals surface area contributed by atoms with Crippen molar-refractivity contribution in [2.24, 2.45) is 11.8 Å². The van der Waals surface area contributed by atoms with Crippen molar-refractivity contribution in [3.8, 4) is 11.8 Å². The molecule has 32 heavy (non-hydrogen) atoms. The molecule has 0 spiro atoms. The lowest BCUT2D eigenvalue weighted by atomic mass is 9.75. The summed E-state index contributed by atoms with van der Waals surface area (Å²) in [6, 6.07) is 18.5. The molecule has 1 saturated carbocycles. The maximum atomic E-state index is 14.6. The Balaban J connectivity index is 1.55. The lowest BCUT2D eigenvalue weighted by Crippen LogP contribution is -2.37. The molecule has 3 aromatic rings. The van der Waals surface area contributed by atoms with Gasteiger partial charge in [-0.15, -0.1) is 0 Å². The Kier molecular flexibility index (Phi) is 5.64. The molecule has 0 N–H and O–H groups in total. The number of anilines is 2. The Bertz CT molecular complexity index is 1250. The smallest absolute Gasteiger partial charge is 0.160 e. The molecule has 2 aliphatic rings. The number of rotatable bonds is 5. The zero-order valence-electron chi connectivity index (χ0n) is 16.9. The fourth-order valence-electron chi connectivity index (χ4n) is 3.97. The quantitative estimate of drug-likeness (QED) is 0.336. The van der Waals surface area contributed by atoms with E-state index in [-0.39, 0.29) is 11.8 Å². The molecule has 0 amide bonds. The number of benzene rings is 3. The molecule has 162 valence electrons. The third-order valence-electron chi connectivity index (χ3n) is 5.69. The summed E-state index contributed by atoms with van der Waals surface area (Å²) in [6.07, 6.45) is 1.45. The Hall–Kier alpha value is -2.86. The Morgan fingerprint density at radius 2 is 1.78 bits per heavy atom. The molecule has 1 heterocycles. The molecule has 3 nitrogen and oxygen atoms in total. The molecule has 0 aromatic heterocycles.